The van der Waals surface area contributed by atoms with E-state index < -0.39 is 11.8 Å². The molecule has 0 aliphatic heterocycles. The van der Waals surface area contributed by atoms with Gasteiger partial charge >= 0.3 is 0 Å². The first-order chi connectivity index (χ1) is 8.79. The van der Waals surface area contributed by atoms with Crippen molar-refractivity contribution < 1.29 is 9.59 Å². The van der Waals surface area contributed by atoms with Crippen molar-refractivity contribution in [2.45, 2.75) is 12.8 Å². The van der Waals surface area contributed by atoms with E-state index in [1.54, 1.807) is 0 Å². The van der Waals surface area contributed by atoms with Crippen molar-refractivity contribution >= 4 is 11.6 Å². The first-order valence-electron chi connectivity index (χ1n) is 6.53. The minimum atomic E-state index is -0.425. The zero-order valence-electron chi connectivity index (χ0n) is 10.2. The molecule has 0 aromatic rings. The van der Waals surface area contributed by atoms with Gasteiger partial charge in [-0.2, -0.15) is 0 Å². The van der Waals surface area contributed by atoms with Gasteiger partial charge in [0, 0.05) is 11.8 Å². The summed E-state index contributed by atoms with van der Waals surface area (Å²) >= 11 is 0. The molecular weight excluding hydrogens is 224 g/mol. The highest BCUT2D eigenvalue weighted by Gasteiger charge is 2.53. The molecule has 0 saturated heterocycles. The fraction of sp³-hybridized carbons (Fsp3) is 0.375. The van der Waals surface area contributed by atoms with Crippen LogP contribution in [0.2, 0.25) is 0 Å². The van der Waals surface area contributed by atoms with Crippen LogP contribution >= 0.6 is 0 Å². The molecule has 0 bridgehead atoms. The lowest BCUT2D eigenvalue weighted by Gasteiger charge is -2.38. The maximum atomic E-state index is 12.2. The van der Waals surface area contributed by atoms with Gasteiger partial charge in [0.15, 0.2) is 11.6 Å². The first kappa shape index (κ1) is 11.4. The van der Waals surface area contributed by atoms with Gasteiger partial charge in [-0.05, 0) is 12.8 Å². The Labute approximate surface area is 107 Å². The molecule has 1 fully saturated rings. The molecule has 0 unspecified atom stereocenters. The predicted molar refractivity (Wildman–Crippen MR) is 69.8 cm³/mol. The number of ketones is 2. The number of Topliss-reactive ketones (excluding diaryl/α,β-unsaturated/α-hetero) is 2. The fourth-order valence-electron chi connectivity index (χ4n) is 3.00. The zero-order chi connectivity index (χ0) is 12.5. The first-order valence-corrected chi connectivity index (χ1v) is 6.53. The topological polar surface area (TPSA) is 34.1 Å². The van der Waals surface area contributed by atoms with Crippen LogP contribution in [-0.4, -0.2) is 11.6 Å². The van der Waals surface area contributed by atoms with Crippen molar-refractivity contribution in [3.05, 3.63) is 48.6 Å². The van der Waals surface area contributed by atoms with Crippen molar-refractivity contribution in [1.29, 1.82) is 0 Å². The predicted octanol–water partition coefficient (Wildman–Crippen LogP) is 2.64. The molecule has 0 heterocycles. The van der Waals surface area contributed by atoms with E-state index in [1.807, 2.05) is 48.6 Å². The van der Waals surface area contributed by atoms with Crippen LogP contribution in [0.5, 0.6) is 0 Å². The Kier molecular flexibility index (Phi) is 2.86. The molecule has 18 heavy (non-hydrogen) atoms. The number of rotatable bonds is 2. The van der Waals surface area contributed by atoms with Gasteiger partial charge < -0.3 is 0 Å². The average Bonchev–Trinajstić information content (AvgIpc) is 2.41. The molecule has 0 atom stereocenters. The molecule has 3 aliphatic carbocycles. The summed E-state index contributed by atoms with van der Waals surface area (Å²) < 4.78 is 0. The zero-order valence-corrected chi connectivity index (χ0v) is 10.2. The van der Waals surface area contributed by atoms with E-state index in [-0.39, 0.29) is 23.4 Å². The van der Waals surface area contributed by atoms with Crippen LogP contribution in [0.25, 0.3) is 0 Å². The quantitative estimate of drug-likeness (QED) is 0.549. The SMILES string of the molecule is O=C1C(C2C=CCC=C2)C(=O)C1C1C=CCC=C1. The largest absolute Gasteiger partial charge is 0.298 e. The number of hydrogen-bond donors (Lipinski definition) is 0. The third-order valence-electron chi connectivity index (χ3n) is 3.97. The molecule has 0 radical (unpaired) electrons. The standard InChI is InChI=1S/C16H16O2/c17-15-13(11-7-3-1-4-8-11)16(18)14(15)12-9-5-2-6-10-12/h3-14H,1-2H2. The van der Waals surface area contributed by atoms with E-state index in [9.17, 15) is 9.59 Å². The van der Waals surface area contributed by atoms with Crippen LogP contribution < -0.4 is 0 Å². The van der Waals surface area contributed by atoms with E-state index in [0.29, 0.717) is 0 Å². The Bertz CT molecular complexity index is 411. The highest BCUT2D eigenvalue weighted by atomic mass is 16.2. The van der Waals surface area contributed by atoms with Crippen LogP contribution in [0.3, 0.4) is 0 Å². The van der Waals surface area contributed by atoms with E-state index in [2.05, 4.69) is 0 Å². The molecule has 0 spiro atoms. The van der Waals surface area contributed by atoms with Gasteiger partial charge in [-0.3, -0.25) is 9.59 Å². The number of carbonyl (C=O) groups excluding carboxylic acids is 2. The van der Waals surface area contributed by atoms with Crippen molar-refractivity contribution in [2.24, 2.45) is 23.7 Å². The highest BCUT2D eigenvalue weighted by Crippen LogP contribution is 2.40. The Balaban J connectivity index is 1.75. The molecule has 0 N–H and O–H groups in total. The monoisotopic (exact) mass is 240 g/mol. The summed E-state index contributed by atoms with van der Waals surface area (Å²) in [5.74, 6) is -0.638. The molecule has 0 amide bonds. The number of allylic oxidation sites excluding steroid dienone is 8. The van der Waals surface area contributed by atoms with Gasteiger partial charge in [-0.1, -0.05) is 48.6 Å². The summed E-state index contributed by atoms with van der Waals surface area (Å²) in [6.07, 6.45) is 17.9. The second-order valence-electron chi connectivity index (χ2n) is 5.10. The molecular formula is C16H16O2. The summed E-state index contributed by atoms with van der Waals surface area (Å²) in [6, 6.07) is 0. The van der Waals surface area contributed by atoms with Gasteiger partial charge in [0.2, 0.25) is 0 Å². The van der Waals surface area contributed by atoms with Gasteiger partial charge in [0.1, 0.15) is 0 Å². The second-order valence-corrected chi connectivity index (χ2v) is 5.10. The third-order valence-corrected chi connectivity index (χ3v) is 3.97. The smallest absolute Gasteiger partial charge is 0.155 e. The molecule has 92 valence electrons. The van der Waals surface area contributed by atoms with E-state index in [4.69, 9.17) is 0 Å². The number of carbonyl (C=O) groups is 2. The minimum Gasteiger partial charge on any atom is -0.298 e. The summed E-state index contributed by atoms with van der Waals surface area (Å²) in [6.45, 7) is 0. The van der Waals surface area contributed by atoms with Gasteiger partial charge in [-0.25, -0.2) is 0 Å². The fourth-order valence-corrected chi connectivity index (χ4v) is 3.00. The Hall–Kier alpha value is -1.70. The number of hydrogen-bond acceptors (Lipinski definition) is 2. The third kappa shape index (κ3) is 1.72. The maximum absolute atomic E-state index is 12.2. The van der Waals surface area contributed by atoms with Crippen molar-refractivity contribution in [1.82, 2.24) is 0 Å². The van der Waals surface area contributed by atoms with Crippen LogP contribution in [0.15, 0.2) is 48.6 Å². The van der Waals surface area contributed by atoms with Gasteiger partial charge in [-0.15, -0.1) is 0 Å². The van der Waals surface area contributed by atoms with E-state index in [0.717, 1.165) is 12.8 Å². The lowest BCUT2D eigenvalue weighted by molar-refractivity contribution is -0.153. The van der Waals surface area contributed by atoms with Crippen molar-refractivity contribution in [3.8, 4) is 0 Å². The average molecular weight is 240 g/mol. The molecule has 3 rings (SSSR count). The van der Waals surface area contributed by atoms with E-state index >= 15 is 0 Å². The second kappa shape index (κ2) is 4.52. The lowest BCUT2D eigenvalue weighted by atomic mass is 9.61. The van der Waals surface area contributed by atoms with Crippen molar-refractivity contribution in [3.63, 3.8) is 0 Å². The minimum absolute atomic E-state index is 0.00782. The van der Waals surface area contributed by atoms with E-state index in [1.165, 1.54) is 0 Å². The highest BCUT2D eigenvalue weighted by molar-refractivity contribution is 6.24. The maximum Gasteiger partial charge on any atom is 0.155 e. The summed E-state index contributed by atoms with van der Waals surface area (Å²) in [5.41, 5.74) is 0. The summed E-state index contributed by atoms with van der Waals surface area (Å²) in [4.78, 5) is 24.4. The molecule has 0 aromatic heterocycles. The van der Waals surface area contributed by atoms with Crippen molar-refractivity contribution in [2.75, 3.05) is 0 Å². The lowest BCUT2D eigenvalue weighted by Crippen LogP contribution is -2.53. The van der Waals surface area contributed by atoms with Crippen LogP contribution in [0.1, 0.15) is 12.8 Å². The summed E-state index contributed by atoms with van der Waals surface area (Å²) in [7, 11) is 0. The van der Waals surface area contributed by atoms with Crippen LogP contribution in [0, 0.1) is 23.7 Å². The van der Waals surface area contributed by atoms with Crippen LogP contribution in [0.4, 0.5) is 0 Å². The molecule has 2 nitrogen and oxygen atoms in total. The normalized spacial score (nSPS) is 32.0. The van der Waals surface area contributed by atoms with Gasteiger partial charge in [0.05, 0.1) is 11.8 Å². The molecule has 2 heteroatoms. The Morgan fingerprint density at radius 3 is 1.33 bits per heavy atom. The Morgan fingerprint density at radius 1 is 0.667 bits per heavy atom. The van der Waals surface area contributed by atoms with Gasteiger partial charge in [0.25, 0.3) is 0 Å². The molecule has 1 saturated carbocycles. The molecule has 3 aliphatic rings. The Morgan fingerprint density at radius 2 is 1.00 bits per heavy atom. The van der Waals surface area contributed by atoms with Crippen LogP contribution in [-0.2, 0) is 9.59 Å². The summed E-state index contributed by atoms with van der Waals surface area (Å²) in [5, 5.41) is 0. The molecule has 0 aromatic carbocycles.